The number of hydrogen-bond acceptors (Lipinski definition) is 6. The zero-order valence-electron chi connectivity index (χ0n) is 14.0. The van der Waals surface area contributed by atoms with Gasteiger partial charge in [0, 0.05) is 7.11 Å². The summed E-state index contributed by atoms with van der Waals surface area (Å²) in [6.45, 7) is 0.398. The number of halogens is 1. The molecule has 1 atom stereocenters. The average molecular weight is 353 g/mol. The fraction of sp³-hybridized carbons (Fsp3) is 0.167. The monoisotopic (exact) mass is 353 g/mol. The Balaban J connectivity index is 1.71. The summed E-state index contributed by atoms with van der Waals surface area (Å²) in [7, 11) is 1.62. The summed E-state index contributed by atoms with van der Waals surface area (Å²) in [5.41, 5.74) is 0.860. The number of aromatic nitrogens is 4. The van der Waals surface area contributed by atoms with Crippen molar-refractivity contribution in [3.8, 4) is 11.4 Å². The van der Waals surface area contributed by atoms with Crippen molar-refractivity contribution >= 4 is 11.5 Å². The Hall–Kier alpha value is -3.26. The highest BCUT2D eigenvalue weighted by Crippen LogP contribution is 2.23. The van der Waals surface area contributed by atoms with Gasteiger partial charge in [-0.2, -0.15) is 4.52 Å². The first-order valence-corrected chi connectivity index (χ1v) is 8.02. The van der Waals surface area contributed by atoms with Crippen LogP contribution in [0.15, 0.2) is 59.2 Å². The largest absolute Gasteiger partial charge is 0.467 e. The Morgan fingerprint density at radius 1 is 1.15 bits per heavy atom. The van der Waals surface area contributed by atoms with E-state index >= 15 is 0 Å². The lowest BCUT2D eigenvalue weighted by Gasteiger charge is -2.16. The summed E-state index contributed by atoms with van der Waals surface area (Å²) < 4.78 is 26.3. The molecule has 26 heavy (non-hydrogen) atoms. The van der Waals surface area contributed by atoms with Gasteiger partial charge < -0.3 is 14.5 Å². The maximum Gasteiger partial charge on any atom is 0.188 e. The van der Waals surface area contributed by atoms with Crippen LogP contribution in [0.1, 0.15) is 11.8 Å². The predicted molar refractivity (Wildman–Crippen MR) is 93.1 cm³/mol. The summed E-state index contributed by atoms with van der Waals surface area (Å²) in [4.78, 5) is 0. The number of ether oxygens (including phenoxy) is 1. The molecular formula is C18H16FN5O2. The topological polar surface area (TPSA) is 77.5 Å². The lowest BCUT2D eigenvalue weighted by Crippen LogP contribution is -2.17. The van der Waals surface area contributed by atoms with Gasteiger partial charge in [-0.25, -0.2) is 4.39 Å². The Kier molecular flexibility index (Phi) is 4.32. The van der Waals surface area contributed by atoms with Crippen molar-refractivity contribution in [2.24, 2.45) is 0 Å². The van der Waals surface area contributed by atoms with Crippen LogP contribution in [0, 0.1) is 5.82 Å². The minimum absolute atomic E-state index is 0.214. The molecule has 132 valence electrons. The number of benzene rings is 1. The van der Waals surface area contributed by atoms with E-state index in [9.17, 15) is 4.39 Å². The Morgan fingerprint density at radius 2 is 2.04 bits per heavy atom. The van der Waals surface area contributed by atoms with Gasteiger partial charge in [0.15, 0.2) is 11.5 Å². The predicted octanol–water partition coefficient (Wildman–Crippen LogP) is 3.32. The van der Waals surface area contributed by atoms with Crippen molar-refractivity contribution in [1.82, 2.24) is 19.8 Å². The van der Waals surface area contributed by atoms with Crippen molar-refractivity contribution in [1.29, 1.82) is 0 Å². The molecule has 3 heterocycles. The summed E-state index contributed by atoms with van der Waals surface area (Å²) in [6, 6.07) is 13.4. The molecule has 0 saturated carbocycles. The summed E-state index contributed by atoms with van der Waals surface area (Å²) in [5.74, 6) is 1.25. The van der Waals surface area contributed by atoms with Crippen molar-refractivity contribution in [2.75, 3.05) is 19.0 Å². The number of rotatable bonds is 6. The van der Waals surface area contributed by atoms with Gasteiger partial charge in [0.05, 0.1) is 18.4 Å². The van der Waals surface area contributed by atoms with E-state index in [1.165, 1.54) is 10.6 Å². The molecule has 4 rings (SSSR count). The quantitative estimate of drug-likeness (QED) is 0.573. The highest BCUT2D eigenvalue weighted by Gasteiger charge is 2.17. The Labute approximate surface area is 148 Å². The Bertz CT molecular complexity index is 1020. The molecule has 0 aliphatic carbocycles. The van der Waals surface area contributed by atoms with Crippen molar-refractivity contribution in [3.63, 3.8) is 0 Å². The number of nitrogens with zero attached hydrogens (tertiary/aromatic N) is 4. The van der Waals surface area contributed by atoms with Gasteiger partial charge in [-0.1, -0.05) is 12.1 Å². The van der Waals surface area contributed by atoms with Crippen LogP contribution in [0.3, 0.4) is 0 Å². The molecule has 0 saturated heterocycles. The van der Waals surface area contributed by atoms with Crippen LogP contribution < -0.4 is 5.32 Å². The molecule has 7 nitrogen and oxygen atoms in total. The van der Waals surface area contributed by atoms with Gasteiger partial charge in [0.2, 0.25) is 0 Å². The molecule has 1 N–H and O–H groups in total. The van der Waals surface area contributed by atoms with E-state index in [1.54, 1.807) is 43.7 Å². The fourth-order valence-electron chi connectivity index (χ4n) is 2.71. The fourth-order valence-corrected chi connectivity index (χ4v) is 2.71. The van der Waals surface area contributed by atoms with Gasteiger partial charge in [0.25, 0.3) is 0 Å². The van der Waals surface area contributed by atoms with E-state index in [2.05, 4.69) is 20.6 Å². The number of anilines is 1. The number of fused-ring (bicyclic) bond motifs is 1. The Morgan fingerprint density at radius 3 is 2.81 bits per heavy atom. The third-order valence-electron chi connectivity index (χ3n) is 3.92. The molecule has 8 heteroatoms. The summed E-state index contributed by atoms with van der Waals surface area (Å²) in [5, 5.41) is 15.9. The molecular weight excluding hydrogens is 337 g/mol. The molecule has 4 aromatic rings. The maximum atomic E-state index is 14.1. The van der Waals surface area contributed by atoms with Gasteiger partial charge >= 0.3 is 0 Å². The first-order valence-electron chi connectivity index (χ1n) is 8.02. The minimum Gasteiger partial charge on any atom is -0.467 e. The van der Waals surface area contributed by atoms with Gasteiger partial charge in [0.1, 0.15) is 23.4 Å². The van der Waals surface area contributed by atoms with Crippen LogP contribution in [0.5, 0.6) is 0 Å². The van der Waals surface area contributed by atoms with E-state index in [0.29, 0.717) is 29.5 Å². The smallest absolute Gasteiger partial charge is 0.188 e. The molecule has 0 aliphatic rings. The number of methoxy groups -OCH3 is 1. The molecule has 1 unspecified atom stereocenters. The highest BCUT2D eigenvalue weighted by molar-refractivity contribution is 5.60. The first-order chi connectivity index (χ1) is 12.8. The zero-order chi connectivity index (χ0) is 17.9. The maximum absolute atomic E-state index is 14.1. The van der Waals surface area contributed by atoms with Gasteiger partial charge in [-0.15, -0.1) is 15.3 Å². The van der Waals surface area contributed by atoms with Crippen molar-refractivity contribution in [2.45, 2.75) is 6.04 Å². The number of nitrogens with one attached hydrogen (secondary N) is 1. The number of hydrogen-bond donors (Lipinski definition) is 1. The molecule has 0 radical (unpaired) electrons. The molecule has 0 fully saturated rings. The second-order valence-corrected chi connectivity index (χ2v) is 5.66. The lowest BCUT2D eigenvalue weighted by atomic mass is 10.2. The lowest BCUT2D eigenvalue weighted by molar-refractivity contribution is 0.178. The van der Waals surface area contributed by atoms with E-state index in [1.807, 2.05) is 12.1 Å². The summed E-state index contributed by atoms with van der Waals surface area (Å²) >= 11 is 0. The van der Waals surface area contributed by atoms with Gasteiger partial charge in [-0.3, -0.25) is 0 Å². The van der Waals surface area contributed by atoms with Crippen LogP contribution in [-0.2, 0) is 4.74 Å². The van der Waals surface area contributed by atoms with Gasteiger partial charge in [-0.05, 0) is 36.4 Å². The third kappa shape index (κ3) is 3.02. The van der Waals surface area contributed by atoms with E-state index in [-0.39, 0.29) is 11.9 Å². The van der Waals surface area contributed by atoms with Crippen LogP contribution in [0.4, 0.5) is 10.2 Å². The molecule has 0 aliphatic heterocycles. The second kappa shape index (κ2) is 6.93. The van der Waals surface area contributed by atoms with Crippen LogP contribution in [0.25, 0.3) is 17.0 Å². The van der Waals surface area contributed by atoms with Crippen molar-refractivity contribution in [3.05, 3.63) is 66.4 Å². The normalized spacial score (nSPS) is 12.4. The van der Waals surface area contributed by atoms with Crippen molar-refractivity contribution < 1.29 is 13.5 Å². The zero-order valence-corrected chi connectivity index (χ0v) is 14.0. The van der Waals surface area contributed by atoms with E-state index in [0.717, 1.165) is 5.76 Å². The molecule has 3 aromatic heterocycles. The highest BCUT2D eigenvalue weighted by atomic mass is 19.1. The third-order valence-corrected chi connectivity index (χ3v) is 3.92. The first kappa shape index (κ1) is 16.2. The SMILES string of the molecule is COCC(Nc1ccc2nnc(-c3ccccc3F)n2n1)c1ccco1. The van der Waals surface area contributed by atoms with Crippen LogP contribution in [-0.4, -0.2) is 33.5 Å². The average Bonchev–Trinajstić information content (AvgIpc) is 3.31. The molecule has 0 bridgehead atoms. The summed E-state index contributed by atoms with van der Waals surface area (Å²) in [6.07, 6.45) is 1.60. The van der Waals surface area contributed by atoms with E-state index in [4.69, 9.17) is 9.15 Å². The number of furan rings is 1. The molecule has 0 amide bonds. The van der Waals surface area contributed by atoms with Crippen LogP contribution >= 0.6 is 0 Å². The standard InChI is InChI=1S/C18H16FN5O2/c1-25-11-14(15-7-4-10-26-15)20-16-8-9-17-21-22-18(24(17)23-16)12-5-2-3-6-13(12)19/h2-10,14H,11H2,1H3,(H,20,23). The minimum atomic E-state index is -0.380. The molecule has 1 aromatic carbocycles. The molecule has 0 spiro atoms. The van der Waals surface area contributed by atoms with E-state index < -0.39 is 0 Å². The second-order valence-electron chi connectivity index (χ2n) is 5.66. The van der Waals surface area contributed by atoms with Crippen LogP contribution in [0.2, 0.25) is 0 Å².